The smallest absolute Gasteiger partial charge is 0.180 e. The number of nitrogens with zero attached hydrogens (tertiary/aromatic N) is 1. The molecule has 1 aromatic carbocycles. The lowest BCUT2D eigenvalue weighted by atomic mass is 10.0. The Bertz CT molecular complexity index is 622. The van der Waals surface area contributed by atoms with Gasteiger partial charge >= 0.3 is 0 Å². The summed E-state index contributed by atoms with van der Waals surface area (Å²) < 4.78 is 30.1. The highest BCUT2D eigenvalue weighted by atomic mass is 32.2. The Morgan fingerprint density at radius 2 is 1.91 bits per heavy atom. The zero-order chi connectivity index (χ0) is 17.3. The molecule has 1 N–H and O–H groups in total. The van der Waals surface area contributed by atoms with E-state index in [0.29, 0.717) is 18.0 Å². The zero-order valence-electron chi connectivity index (χ0n) is 14.3. The summed E-state index contributed by atoms with van der Waals surface area (Å²) in [5.41, 5.74) is 0.758. The first-order valence-electron chi connectivity index (χ1n) is 7.98. The molecule has 1 aliphatic rings. The Kier molecular flexibility index (Phi) is 5.51. The third-order valence-corrected chi connectivity index (χ3v) is 6.20. The summed E-state index contributed by atoms with van der Waals surface area (Å²) in [6, 6.07) is 7.09. The molecular formula is C17H27NO4S. The van der Waals surface area contributed by atoms with Gasteiger partial charge in [0, 0.05) is 19.6 Å². The maximum atomic E-state index is 12.1. The first-order valence-corrected chi connectivity index (χ1v) is 9.52. The Balaban J connectivity index is 2.09. The number of sulfone groups is 1. The summed E-state index contributed by atoms with van der Waals surface area (Å²) in [6.45, 7) is 9.57. The zero-order valence-corrected chi connectivity index (χ0v) is 15.1. The van der Waals surface area contributed by atoms with Crippen molar-refractivity contribution >= 4 is 9.84 Å². The second-order valence-corrected chi connectivity index (χ2v) is 9.59. The van der Waals surface area contributed by atoms with E-state index in [4.69, 9.17) is 4.74 Å². The van der Waals surface area contributed by atoms with Gasteiger partial charge in [-0.15, -0.1) is 0 Å². The summed E-state index contributed by atoms with van der Waals surface area (Å²) in [6.07, 6.45) is -0.181. The summed E-state index contributed by atoms with van der Waals surface area (Å²) >= 11 is 0. The van der Waals surface area contributed by atoms with Gasteiger partial charge in [-0.25, -0.2) is 8.42 Å². The third kappa shape index (κ3) is 4.53. The summed E-state index contributed by atoms with van der Waals surface area (Å²) in [4.78, 5) is 2.60. The summed E-state index contributed by atoms with van der Waals surface area (Å²) in [7, 11) is -3.22. The normalized spacial score (nSPS) is 22.4. The lowest BCUT2D eigenvalue weighted by Gasteiger charge is -2.42. The van der Waals surface area contributed by atoms with Crippen molar-refractivity contribution in [1.82, 2.24) is 4.90 Å². The van der Waals surface area contributed by atoms with E-state index in [1.807, 2.05) is 26.0 Å². The highest BCUT2D eigenvalue weighted by Gasteiger charge is 2.32. The Morgan fingerprint density at radius 3 is 2.43 bits per heavy atom. The van der Waals surface area contributed by atoms with Crippen LogP contribution < -0.4 is 0 Å². The maximum absolute atomic E-state index is 12.1. The van der Waals surface area contributed by atoms with Crippen LogP contribution in [-0.2, 0) is 21.1 Å². The van der Waals surface area contributed by atoms with Gasteiger partial charge in [0.15, 0.2) is 9.84 Å². The Labute approximate surface area is 139 Å². The standard InChI is InChI=1S/C17H27NO4S/c1-13(2)23(20,21)16-7-5-14(6-8-16)9-18-10-15(11-19)22-17(3,4)12-18/h5-8,13,15,19H,9-12H2,1-4H3. The molecule has 1 aliphatic heterocycles. The number of hydrogen-bond acceptors (Lipinski definition) is 5. The first kappa shape index (κ1) is 18.4. The Morgan fingerprint density at radius 1 is 1.30 bits per heavy atom. The Hall–Kier alpha value is -0.950. The SMILES string of the molecule is CC(C)S(=O)(=O)c1ccc(CN2CC(CO)OC(C)(C)C2)cc1. The van der Waals surface area contributed by atoms with Crippen LogP contribution in [0.3, 0.4) is 0 Å². The van der Waals surface area contributed by atoms with Crippen molar-refractivity contribution in [3.63, 3.8) is 0 Å². The van der Waals surface area contributed by atoms with Crippen LogP contribution in [0.2, 0.25) is 0 Å². The first-order chi connectivity index (χ1) is 10.6. The third-order valence-electron chi connectivity index (χ3n) is 4.03. The quantitative estimate of drug-likeness (QED) is 0.885. The molecule has 0 bridgehead atoms. The molecule has 6 heteroatoms. The van der Waals surface area contributed by atoms with E-state index in [1.165, 1.54) is 0 Å². The lowest BCUT2D eigenvalue weighted by Crippen LogP contribution is -2.53. The molecule has 0 saturated carbocycles. The van der Waals surface area contributed by atoms with Gasteiger partial charge in [0.05, 0.1) is 28.5 Å². The van der Waals surface area contributed by atoms with Crippen molar-refractivity contribution in [3.8, 4) is 0 Å². The van der Waals surface area contributed by atoms with Crippen molar-refractivity contribution in [2.45, 2.75) is 56.1 Å². The van der Waals surface area contributed by atoms with Crippen molar-refractivity contribution < 1.29 is 18.3 Å². The fraction of sp³-hybridized carbons (Fsp3) is 0.647. The summed E-state index contributed by atoms with van der Waals surface area (Å²) in [5.74, 6) is 0. The highest BCUT2D eigenvalue weighted by Crippen LogP contribution is 2.23. The van der Waals surface area contributed by atoms with Gasteiger partial charge in [-0.05, 0) is 45.4 Å². The van der Waals surface area contributed by atoms with Gasteiger partial charge < -0.3 is 9.84 Å². The molecule has 1 atom stereocenters. The minimum absolute atomic E-state index is 0.00546. The molecule has 0 amide bonds. The van der Waals surface area contributed by atoms with Crippen LogP contribution in [-0.4, -0.2) is 55.1 Å². The number of aliphatic hydroxyl groups is 1. The van der Waals surface area contributed by atoms with Crippen LogP contribution in [0.5, 0.6) is 0 Å². The number of aliphatic hydroxyl groups excluding tert-OH is 1. The molecule has 0 aromatic heterocycles. The van der Waals surface area contributed by atoms with E-state index in [-0.39, 0.29) is 18.3 Å². The number of hydrogen-bond donors (Lipinski definition) is 1. The number of rotatable bonds is 5. The molecule has 0 spiro atoms. The molecule has 1 saturated heterocycles. The van der Waals surface area contributed by atoms with Crippen LogP contribution in [0.1, 0.15) is 33.3 Å². The van der Waals surface area contributed by atoms with Gasteiger partial charge in [0.2, 0.25) is 0 Å². The van der Waals surface area contributed by atoms with Crippen LogP contribution in [0.4, 0.5) is 0 Å². The number of ether oxygens (including phenoxy) is 1. The fourth-order valence-electron chi connectivity index (χ4n) is 2.95. The van der Waals surface area contributed by atoms with E-state index in [0.717, 1.165) is 12.1 Å². The highest BCUT2D eigenvalue weighted by molar-refractivity contribution is 7.92. The molecule has 5 nitrogen and oxygen atoms in total. The molecule has 1 aromatic rings. The molecule has 1 heterocycles. The van der Waals surface area contributed by atoms with Gasteiger partial charge in [0.25, 0.3) is 0 Å². The molecule has 0 aliphatic carbocycles. The predicted molar refractivity (Wildman–Crippen MR) is 90.1 cm³/mol. The van der Waals surface area contributed by atoms with Crippen molar-refractivity contribution in [3.05, 3.63) is 29.8 Å². The van der Waals surface area contributed by atoms with E-state index in [9.17, 15) is 13.5 Å². The van der Waals surface area contributed by atoms with Crippen molar-refractivity contribution in [2.24, 2.45) is 0 Å². The molecule has 2 rings (SSSR count). The minimum Gasteiger partial charge on any atom is -0.394 e. The lowest BCUT2D eigenvalue weighted by molar-refractivity contribution is -0.150. The summed E-state index contributed by atoms with van der Waals surface area (Å²) in [5, 5.41) is 8.95. The van der Waals surface area contributed by atoms with Crippen molar-refractivity contribution in [2.75, 3.05) is 19.7 Å². The van der Waals surface area contributed by atoms with E-state index in [2.05, 4.69) is 4.90 Å². The molecule has 1 fully saturated rings. The predicted octanol–water partition coefficient (Wildman–Crippen LogP) is 1.84. The average molecular weight is 341 g/mol. The topological polar surface area (TPSA) is 66.8 Å². The molecule has 0 radical (unpaired) electrons. The maximum Gasteiger partial charge on any atom is 0.180 e. The fourth-order valence-corrected chi connectivity index (χ4v) is 4.01. The monoisotopic (exact) mass is 341 g/mol. The molecule has 23 heavy (non-hydrogen) atoms. The number of benzene rings is 1. The molecule has 1 unspecified atom stereocenters. The van der Waals surface area contributed by atoms with E-state index in [1.54, 1.807) is 26.0 Å². The average Bonchev–Trinajstić information content (AvgIpc) is 2.46. The number of morpholine rings is 1. The van der Waals surface area contributed by atoms with Crippen molar-refractivity contribution in [1.29, 1.82) is 0 Å². The second-order valence-electron chi connectivity index (χ2n) is 7.09. The van der Waals surface area contributed by atoms with E-state index < -0.39 is 15.1 Å². The minimum atomic E-state index is -3.22. The second kappa shape index (κ2) is 6.89. The van der Waals surface area contributed by atoms with Gasteiger partial charge in [-0.1, -0.05) is 12.1 Å². The van der Waals surface area contributed by atoms with Crippen LogP contribution in [0.25, 0.3) is 0 Å². The van der Waals surface area contributed by atoms with Gasteiger partial charge in [0.1, 0.15) is 0 Å². The molecular weight excluding hydrogens is 314 g/mol. The van der Waals surface area contributed by atoms with Crippen LogP contribution in [0, 0.1) is 0 Å². The van der Waals surface area contributed by atoms with Gasteiger partial charge in [-0.3, -0.25) is 4.90 Å². The molecule has 130 valence electrons. The van der Waals surface area contributed by atoms with Crippen LogP contribution >= 0.6 is 0 Å². The van der Waals surface area contributed by atoms with E-state index >= 15 is 0 Å². The largest absolute Gasteiger partial charge is 0.394 e. The van der Waals surface area contributed by atoms with Gasteiger partial charge in [-0.2, -0.15) is 0 Å². The van der Waals surface area contributed by atoms with Crippen LogP contribution in [0.15, 0.2) is 29.2 Å².